The van der Waals surface area contributed by atoms with Crippen molar-refractivity contribution in [2.45, 2.75) is 66.2 Å². The fraction of sp³-hybridized carbons (Fsp3) is 0.478. The molecule has 1 aliphatic carbocycles. The van der Waals surface area contributed by atoms with Gasteiger partial charge in [-0.2, -0.15) is 5.26 Å². The number of hydrogen-bond donors (Lipinski definition) is 0. The van der Waals surface area contributed by atoms with Crippen LogP contribution >= 0.6 is 0 Å². The number of carbonyl (C=O) groups excluding carboxylic acids is 1. The SMILES string of the molecule is C=C(C)C1CCC(C)=CC1c1c(C)cc(CCC)c(C(=O)C#N)c1C. The van der Waals surface area contributed by atoms with Gasteiger partial charge in [-0.15, -0.1) is 0 Å². The Bertz CT molecular complexity index is 776. The molecule has 2 unspecified atom stereocenters. The molecule has 0 aliphatic heterocycles. The number of hydrogen-bond acceptors (Lipinski definition) is 2. The number of Topliss-reactive ketones (excluding diaryl/α,β-unsaturated/α-hetero) is 1. The Morgan fingerprint density at radius 3 is 2.60 bits per heavy atom. The number of benzene rings is 1. The fourth-order valence-corrected chi connectivity index (χ4v) is 4.34. The molecule has 2 nitrogen and oxygen atoms in total. The lowest BCUT2D eigenvalue weighted by Crippen LogP contribution is -2.20. The zero-order valence-electron chi connectivity index (χ0n) is 16.2. The molecule has 0 N–H and O–H groups in total. The number of nitrogens with zero attached hydrogens (tertiary/aromatic N) is 1. The van der Waals surface area contributed by atoms with Crippen LogP contribution in [0.15, 0.2) is 29.9 Å². The van der Waals surface area contributed by atoms with Gasteiger partial charge in [0.15, 0.2) is 0 Å². The van der Waals surface area contributed by atoms with E-state index in [4.69, 9.17) is 0 Å². The van der Waals surface area contributed by atoms with Gasteiger partial charge in [-0.1, -0.05) is 43.2 Å². The third-order valence-corrected chi connectivity index (χ3v) is 5.48. The lowest BCUT2D eigenvalue weighted by molar-refractivity contribution is 0.105. The third kappa shape index (κ3) is 3.76. The molecular weight excluding hydrogens is 306 g/mol. The van der Waals surface area contributed by atoms with Crippen molar-refractivity contribution in [1.82, 2.24) is 0 Å². The lowest BCUT2D eigenvalue weighted by Gasteiger charge is -2.33. The van der Waals surface area contributed by atoms with Crippen LogP contribution in [0.4, 0.5) is 0 Å². The fourth-order valence-electron chi connectivity index (χ4n) is 4.34. The Morgan fingerprint density at radius 1 is 1.36 bits per heavy atom. The Hall–Kier alpha value is -2.14. The monoisotopic (exact) mass is 335 g/mol. The molecule has 2 heteroatoms. The Balaban J connectivity index is 2.72. The molecule has 0 amide bonds. The first-order valence-corrected chi connectivity index (χ1v) is 9.21. The van der Waals surface area contributed by atoms with Gasteiger partial charge in [0.25, 0.3) is 5.78 Å². The van der Waals surface area contributed by atoms with Gasteiger partial charge in [-0.05, 0) is 75.1 Å². The summed E-state index contributed by atoms with van der Waals surface area (Å²) in [6.45, 7) is 14.7. The second-order valence-electron chi connectivity index (χ2n) is 7.49. The Labute approximate surface area is 152 Å². The zero-order valence-corrected chi connectivity index (χ0v) is 16.2. The van der Waals surface area contributed by atoms with E-state index >= 15 is 0 Å². The van der Waals surface area contributed by atoms with Crippen LogP contribution in [0, 0.1) is 31.1 Å². The van der Waals surface area contributed by atoms with Gasteiger partial charge in [-0.3, -0.25) is 4.79 Å². The summed E-state index contributed by atoms with van der Waals surface area (Å²) < 4.78 is 0. The van der Waals surface area contributed by atoms with E-state index in [9.17, 15) is 10.1 Å². The van der Waals surface area contributed by atoms with E-state index in [1.165, 1.54) is 22.3 Å². The van der Waals surface area contributed by atoms with Gasteiger partial charge in [0, 0.05) is 11.5 Å². The summed E-state index contributed by atoms with van der Waals surface area (Å²) in [5, 5.41) is 9.23. The summed E-state index contributed by atoms with van der Waals surface area (Å²) in [4.78, 5) is 12.4. The highest BCUT2D eigenvalue weighted by atomic mass is 16.1. The van der Waals surface area contributed by atoms with Crippen molar-refractivity contribution >= 4 is 5.78 Å². The normalized spacial score (nSPS) is 19.9. The van der Waals surface area contributed by atoms with Gasteiger partial charge in [-0.25, -0.2) is 0 Å². The molecule has 0 saturated carbocycles. The van der Waals surface area contributed by atoms with Crippen molar-refractivity contribution in [3.05, 3.63) is 57.7 Å². The van der Waals surface area contributed by atoms with Gasteiger partial charge >= 0.3 is 0 Å². The van der Waals surface area contributed by atoms with Crippen molar-refractivity contribution in [2.24, 2.45) is 5.92 Å². The van der Waals surface area contributed by atoms with E-state index in [1.807, 2.05) is 13.0 Å². The molecule has 1 aliphatic rings. The summed E-state index contributed by atoms with van der Waals surface area (Å²) in [7, 11) is 0. The van der Waals surface area contributed by atoms with Crippen LogP contribution in [0.1, 0.15) is 78.6 Å². The molecule has 2 rings (SSSR count). The minimum absolute atomic E-state index is 0.243. The maximum atomic E-state index is 12.4. The minimum atomic E-state index is -0.411. The van der Waals surface area contributed by atoms with Crippen LogP contribution in [-0.4, -0.2) is 5.78 Å². The van der Waals surface area contributed by atoms with Gasteiger partial charge in [0.1, 0.15) is 6.07 Å². The maximum absolute atomic E-state index is 12.4. The quantitative estimate of drug-likeness (QED) is 0.377. The number of carbonyl (C=O) groups is 1. The van der Waals surface area contributed by atoms with E-state index in [0.717, 1.165) is 36.8 Å². The molecule has 0 spiro atoms. The van der Waals surface area contributed by atoms with Crippen LogP contribution in [0.2, 0.25) is 0 Å². The predicted octanol–water partition coefficient (Wildman–Crippen LogP) is 5.98. The van der Waals surface area contributed by atoms with Gasteiger partial charge < -0.3 is 0 Å². The van der Waals surface area contributed by atoms with Crippen LogP contribution in [0.25, 0.3) is 0 Å². The van der Waals surface area contributed by atoms with Gasteiger partial charge in [0.2, 0.25) is 0 Å². The second kappa shape index (κ2) is 7.83. The van der Waals surface area contributed by atoms with Crippen molar-refractivity contribution in [3.8, 4) is 6.07 Å². The van der Waals surface area contributed by atoms with E-state index in [2.05, 4.69) is 46.4 Å². The number of allylic oxidation sites excluding steroid dienone is 3. The Morgan fingerprint density at radius 2 is 2.04 bits per heavy atom. The lowest BCUT2D eigenvalue weighted by atomic mass is 9.71. The first-order chi connectivity index (χ1) is 11.8. The molecule has 2 atom stereocenters. The maximum Gasteiger partial charge on any atom is 0.262 e. The molecule has 0 radical (unpaired) electrons. The number of aryl methyl sites for hydroxylation is 2. The van der Waals surface area contributed by atoms with E-state index < -0.39 is 5.78 Å². The first-order valence-electron chi connectivity index (χ1n) is 9.21. The summed E-state index contributed by atoms with van der Waals surface area (Å²) in [5.74, 6) is 0.223. The average molecular weight is 335 g/mol. The van der Waals surface area contributed by atoms with Crippen molar-refractivity contribution in [2.75, 3.05) is 0 Å². The topological polar surface area (TPSA) is 40.9 Å². The molecule has 25 heavy (non-hydrogen) atoms. The summed E-state index contributed by atoms with van der Waals surface area (Å²) in [6.07, 6.45) is 6.33. The molecule has 0 bridgehead atoms. The molecule has 1 aromatic carbocycles. The van der Waals surface area contributed by atoms with Gasteiger partial charge in [0.05, 0.1) is 0 Å². The number of ketones is 1. The van der Waals surface area contributed by atoms with Crippen LogP contribution < -0.4 is 0 Å². The molecule has 1 aromatic rings. The van der Waals surface area contributed by atoms with Crippen molar-refractivity contribution in [1.29, 1.82) is 5.26 Å². The molecule has 0 heterocycles. The number of nitriles is 1. The molecule has 0 aromatic heterocycles. The van der Waals surface area contributed by atoms with Crippen LogP contribution in [0.5, 0.6) is 0 Å². The second-order valence-corrected chi connectivity index (χ2v) is 7.49. The highest BCUT2D eigenvalue weighted by molar-refractivity contribution is 6.09. The number of rotatable bonds is 5. The molecule has 132 valence electrons. The zero-order chi connectivity index (χ0) is 18.7. The standard InChI is InChI=1S/C23H29NO/c1-7-8-18-12-16(5)22(17(6)23(18)21(25)13-24)20-11-15(4)9-10-19(20)14(2)3/h11-12,19-20H,2,7-10H2,1,3-6H3. The van der Waals surface area contributed by atoms with Crippen molar-refractivity contribution in [3.63, 3.8) is 0 Å². The third-order valence-electron chi connectivity index (χ3n) is 5.48. The highest BCUT2D eigenvalue weighted by Gasteiger charge is 2.30. The predicted molar refractivity (Wildman–Crippen MR) is 104 cm³/mol. The average Bonchev–Trinajstić information content (AvgIpc) is 2.54. The molecule has 0 saturated heterocycles. The van der Waals surface area contributed by atoms with E-state index in [-0.39, 0.29) is 5.92 Å². The smallest absolute Gasteiger partial charge is 0.262 e. The summed E-state index contributed by atoms with van der Waals surface area (Å²) >= 11 is 0. The summed E-state index contributed by atoms with van der Waals surface area (Å²) in [6, 6.07) is 3.97. The molecular formula is C23H29NO. The van der Waals surface area contributed by atoms with E-state index in [1.54, 1.807) is 0 Å². The highest BCUT2D eigenvalue weighted by Crippen LogP contribution is 2.43. The van der Waals surface area contributed by atoms with Crippen molar-refractivity contribution < 1.29 is 4.79 Å². The Kier molecular flexibility index (Phi) is 6.01. The van der Waals surface area contributed by atoms with Crippen LogP contribution in [0.3, 0.4) is 0 Å². The minimum Gasteiger partial charge on any atom is -0.277 e. The largest absolute Gasteiger partial charge is 0.277 e. The molecule has 0 fully saturated rings. The van der Waals surface area contributed by atoms with Crippen LogP contribution in [-0.2, 0) is 6.42 Å². The first kappa shape index (κ1) is 19.2. The summed E-state index contributed by atoms with van der Waals surface area (Å²) in [5.41, 5.74) is 7.64. The van der Waals surface area contributed by atoms with E-state index in [0.29, 0.717) is 11.5 Å².